The molecule has 0 aliphatic carbocycles. The van der Waals surface area contributed by atoms with Gasteiger partial charge in [0.25, 0.3) is 0 Å². The van der Waals surface area contributed by atoms with Crippen LogP contribution in [0.1, 0.15) is 6.92 Å². The van der Waals surface area contributed by atoms with Gasteiger partial charge in [0.1, 0.15) is 5.75 Å². The van der Waals surface area contributed by atoms with Crippen molar-refractivity contribution in [2.75, 3.05) is 29.7 Å². The molecule has 6 nitrogen and oxygen atoms in total. The highest BCUT2D eigenvalue weighted by molar-refractivity contribution is 7.80. The summed E-state index contributed by atoms with van der Waals surface area (Å²) in [5.74, 6) is 0.593. The maximum atomic E-state index is 11.4. The molecule has 2 aromatic carbocycles. The Bertz CT molecular complexity index is 753. The van der Waals surface area contributed by atoms with E-state index in [9.17, 15) is 4.79 Å². The van der Waals surface area contributed by atoms with Gasteiger partial charge in [0, 0.05) is 17.1 Å². The number of thiocarbonyl (C=S) groups is 1. The number of ether oxygens (including phenoxy) is 2. The number of hydrogen-bond acceptors (Lipinski definition) is 4. The Hall–Kier alpha value is -2.51. The van der Waals surface area contributed by atoms with Gasteiger partial charge in [-0.2, -0.15) is 0 Å². The van der Waals surface area contributed by atoms with Gasteiger partial charge in [0.15, 0.2) is 5.11 Å². The predicted molar refractivity (Wildman–Crippen MR) is 105 cm³/mol. The van der Waals surface area contributed by atoms with Gasteiger partial charge in [-0.05, 0) is 61.6 Å². The minimum Gasteiger partial charge on any atom is -0.495 e. The van der Waals surface area contributed by atoms with E-state index in [2.05, 4.69) is 16.0 Å². The van der Waals surface area contributed by atoms with Gasteiger partial charge in [-0.3, -0.25) is 5.32 Å². The fraction of sp³-hybridized carbons (Fsp3) is 0.176. The van der Waals surface area contributed by atoms with E-state index in [0.29, 0.717) is 28.2 Å². The summed E-state index contributed by atoms with van der Waals surface area (Å²) in [5, 5.41) is 9.60. The van der Waals surface area contributed by atoms with E-state index in [4.69, 9.17) is 33.3 Å². The summed E-state index contributed by atoms with van der Waals surface area (Å²) < 4.78 is 9.92. The molecule has 132 valence electrons. The van der Waals surface area contributed by atoms with E-state index in [-0.39, 0.29) is 0 Å². The third kappa shape index (κ3) is 5.81. The van der Waals surface area contributed by atoms with Crippen molar-refractivity contribution in [2.45, 2.75) is 6.92 Å². The minimum absolute atomic E-state index is 0.320. The average Bonchev–Trinajstić information content (AvgIpc) is 2.57. The topological polar surface area (TPSA) is 71.6 Å². The molecular weight excluding hydrogens is 362 g/mol. The number of amides is 1. The summed E-state index contributed by atoms with van der Waals surface area (Å²) in [6, 6.07) is 12.3. The molecule has 1 amide bonds. The maximum Gasteiger partial charge on any atom is 0.411 e. The van der Waals surface area contributed by atoms with Gasteiger partial charge >= 0.3 is 6.09 Å². The zero-order valence-electron chi connectivity index (χ0n) is 13.8. The molecule has 25 heavy (non-hydrogen) atoms. The first-order valence-corrected chi connectivity index (χ1v) is 8.26. The summed E-state index contributed by atoms with van der Waals surface area (Å²) in [7, 11) is 1.56. The van der Waals surface area contributed by atoms with Gasteiger partial charge in [-0.25, -0.2) is 4.79 Å². The van der Waals surface area contributed by atoms with E-state index < -0.39 is 6.09 Å². The highest BCUT2D eigenvalue weighted by Gasteiger charge is 2.05. The van der Waals surface area contributed by atoms with Crippen LogP contribution in [0.15, 0.2) is 42.5 Å². The summed E-state index contributed by atoms with van der Waals surface area (Å²) in [4.78, 5) is 11.4. The summed E-state index contributed by atoms with van der Waals surface area (Å²) in [5.41, 5.74) is 2.14. The molecule has 0 atom stereocenters. The molecule has 0 saturated heterocycles. The molecule has 0 aromatic heterocycles. The number of carbonyl (C=O) groups excluding carboxylic acids is 1. The largest absolute Gasteiger partial charge is 0.495 e. The molecule has 0 fully saturated rings. The number of rotatable bonds is 5. The molecule has 0 aliphatic heterocycles. The number of halogens is 1. The quantitative estimate of drug-likeness (QED) is 0.652. The monoisotopic (exact) mass is 379 g/mol. The number of benzene rings is 2. The van der Waals surface area contributed by atoms with Crippen molar-refractivity contribution in [1.82, 2.24) is 0 Å². The van der Waals surface area contributed by atoms with E-state index >= 15 is 0 Å². The molecule has 0 aliphatic rings. The smallest absolute Gasteiger partial charge is 0.411 e. The first-order chi connectivity index (χ1) is 12.0. The number of methoxy groups -OCH3 is 1. The van der Waals surface area contributed by atoms with Crippen LogP contribution in [0.25, 0.3) is 0 Å². The van der Waals surface area contributed by atoms with Crippen LogP contribution in [0.2, 0.25) is 5.02 Å². The van der Waals surface area contributed by atoms with Crippen molar-refractivity contribution >= 4 is 52.1 Å². The van der Waals surface area contributed by atoms with E-state index in [1.54, 1.807) is 50.4 Å². The molecule has 0 bridgehead atoms. The van der Waals surface area contributed by atoms with Crippen LogP contribution in [0.3, 0.4) is 0 Å². The normalized spacial score (nSPS) is 9.88. The van der Waals surface area contributed by atoms with Crippen LogP contribution >= 0.6 is 23.8 Å². The Morgan fingerprint density at radius 2 is 1.60 bits per heavy atom. The van der Waals surface area contributed by atoms with Gasteiger partial charge in [-0.1, -0.05) is 11.6 Å². The van der Waals surface area contributed by atoms with Gasteiger partial charge in [0.05, 0.1) is 18.7 Å². The molecular formula is C17H18ClN3O3S. The molecule has 8 heteroatoms. The van der Waals surface area contributed by atoms with Crippen LogP contribution in [-0.4, -0.2) is 24.9 Å². The lowest BCUT2D eigenvalue weighted by Gasteiger charge is -2.12. The second kappa shape index (κ2) is 9.10. The lowest BCUT2D eigenvalue weighted by Crippen LogP contribution is -2.19. The van der Waals surface area contributed by atoms with E-state index in [1.807, 2.05) is 6.07 Å². The fourth-order valence-electron chi connectivity index (χ4n) is 1.96. The van der Waals surface area contributed by atoms with Crippen molar-refractivity contribution in [2.24, 2.45) is 0 Å². The third-order valence-corrected chi connectivity index (χ3v) is 3.57. The van der Waals surface area contributed by atoms with Gasteiger partial charge < -0.3 is 20.1 Å². The Balaban J connectivity index is 1.92. The Morgan fingerprint density at radius 1 is 1.04 bits per heavy atom. The lowest BCUT2D eigenvalue weighted by atomic mass is 10.3. The summed E-state index contributed by atoms with van der Waals surface area (Å²) >= 11 is 11.4. The first kappa shape index (κ1) is 18.8. The number of nitrogens with one attached hydrogen (secondary N) is 3. The Kier molecular flexibility index (Phi) is 6.85. The van der Waals surface area contributed by atoms with Gasteiger partial charge in [0.2, 0.25) is 0 Å². The van der Waals surface area contributed by atoms with Gasteiger partial charge in [-0.15, -0.1) is 0 Å². The second-order valence-electron chi connectivity index (χ2n) is 4.85. The zero-order chi connectivity index (χ0) is 18.2. The van der Waals surface area contributed by atoms with Crippen molar-refractivity contribution in [1.29, 1.82) is 0 Å². The fourth-order valence-corrected chi connectivity index (χ4v) is 2.45. The highest BCUT2D eigenvalue weighted by Crippen LogP contribution is 2.27. The molecule has 0 unspecified atom stereocenters. The van der Waals surface area contributed by atoms with E-state index in [0.717, 1.165) is 11.4 Å². The third-order valence-electron chi connectivity index (χ3n) is 3.07. The van der Waals surface area contributed by atoms with Crippen LogP contribution in [-0.2, 0) is 4.74 Å². The number of carbonyl (C=O) groups is 1. The average molecular weight is 380 g/mol. The first-order valence-electron chi connectivity index (χ1n) is 7.47. The SMILES string of the molecule is CCOC(=O)Nc1ccc(NC(=S)Nc2ccc(OC)c(Cl)c2)cc1. The van der Waals surface area contributed by atoms with Crippen molar-refractivity contribution in [3.05, 3.63) is 47.5 Å². The van der Waals surface area contributed by atoms with E-state index in [1.165, 1.54) is 0 Å². The van der Waals surface area contributed by atoms with Crippen molar-refractivity contribution in [3.8, 4) is 5.75 Å². The Labute approximate surface area is 156 Å². The van der Waals surface area contributed by atoms with Crippen molar-refractivity contribution < 1.29 is 14.3 Å². The summed E-state index contributed by atoms with van der Waals surface area (Å²) in [6.45, 7) is 2.07. The molecule has 0 radical (unpaired) electrons. The molecule has 0 spiro atoms. The molecule has 0 heterocycles. The number of hydrogen-bond donors (Lipinski definition) is 3. The second-order valence-corrected chi connectivity index (χ2v) is 5.67. The van der Waals surface area contributed by atoms with Crippen molar-refractivity contribution in [3.63, 3.8) is 0 Å². The standard InChI is InChI=1S/C17H18ClN3O3S/c1-3-24-17(22)21-12-6-4-11(5-7-12)19-16(25)20-13-8-9-15(23-2)14(18)10-13/h4-10H,3H2,1-2H3,(H,21,22)(H2,19,20,25). The van der Waals surface area contributed by atoms with Crippen LogP contribution in [0.4, 0.5) is 21.9 Å². The van der Waals surface area contributed by atoms with Crippen LogP contribution < -0.4 is 20.7 Å². The lowest BCUT2D eigenvalue weighted by molar-refractivity contribution is 0.168. The molecule has 2 aromatic rings. The molecule has 2 rings (SSSR count). The highest BCUT2D eigenvalue weighted by atomic mass is 35.5. The van der Waals surface area contributed by atoms with Crippen LogP contribution in [0.5, 0.6) is 5.75 Å². The minimum atomic E-state index is -0.489. The number of anilines is 3. The predicted octanol–water partition coefficient (Wildman–Crippen LogP) is 4.73. The van der Waals surface area contributed by atoms with Crippen LogP contribution in [0, 0.1) is 0 Å². The molecule has 3 N–H and O–H groups in total. The zero-order valence-corrected chi connectivity index (χ0v) is 15.3. The maximum absolute atomic E-state index is 11.4. The molecule has 0 saturated carbocycles. The summed E-state index contributed by atoms with van der Waals surface area (Å²) in [6.07, 6.45) is -0.489. The Morgan fingerprint density at radius 3 is 2.16 bits per heavy atom.